The van der Waals surface area contributed by atoms with Crippen LogP contribution in [-0.2, 0) is 9.59 Å². The molecule has 3 aromatic rings. The number of fused-ring (bicyclic) bond motifs is 1. The summed E-state index contributed by atoms with van der Waals surface area (Å²) in [4.78, 5) is 39.4. The second kappa shape index (κ2) is 15.4. The SMILES string of the molecule is CCC(=O)N[C@H]1C[C@@H](n2cnc3c(NC(CO)C(O)c4ccccc4)nc(N4CC[C@@H](N(C)C)C4)nc32)[C@H](O)[C@@H]1O.O=C(O)C(F)(F)F. The van der Waals surface area contributed by atoms with Crippen LogP contribution >= 0.6 is 0 Å². The molecular formula is C30H41F3N8O7. The number of alkyl halides is 3. The Labute approximate surface area is 274 Å². The molecule has 2 fully saturated rings. The molecule has 1 aliphatic carbocycles. The number of carbonyl (C=O) groups is 2. The minimum Gasteiger partial charge on any atom is -0.475 e. The minimum atomic E-state index is -5.08. The fourth-order valence-corrected chi connectivity index (χ4v) is 5.75. The molecule has 7 N–H and O–H groups in total. The molecule has 15 nitrogen and oxygen atoms in total. The smallest absolute Gasteiger partial charge is 0.475 e. The van der Waals surface area contributed by atoms with Crippen LogP contribution in [0.25, 0.3) is 11.2 Å². The number of amides is 1. The molecule has 2 aliphatic rings. The van der Waals surface area contributed by atoms with Crippen molar-refractivity contribution in [3.63, 3.8) is 0 Å². The van der Waals surface area contributed by atoms with Gasteiger partial charge in [-0.25, -0.2) is 9.78 Å². The van der Waals surface area contributed by atoms with Crippen molar-refractivity contribution in [2.75, 3.05) is 44.0 Å². The maximum atomic E-state index is 12.0. The number of likely N-dealkylation sites (N-methyl/N-ethyl adjacent to an activating group) is 1. The van der Waals surface area contributed by atoms with E-state index < -0.39 is 48.6 Å². The minimum absolute atomic E-state index is 0.204. The van der Waals surface area contributed by atoms with E-state index in [4.69, 9.17) is 19.9 Å². The lowest BCUT2D eigenvalue weighted by Gasteiger charge is -2.25. The Morgan fingerprint density at radius 1 is 1.12 bits per heavy atom. The zero-order valence-electron chi connectivity index (χ0n) is 26.6. The summed E-state index contributed by atoms with van der Waals surface area (Å²) in [5, 5.41) is 56.1. The number of carbonyl (C=O) groups excluding carboxylic acids is 1. The lowest BCUT2D eigenvalue weighted by Crippen LogP contribution is -2.42. The van der Waals surface area contributed by atoms with Crippen LogP contribution in [0.1, 0.15) is 43.9 Å². The van der Waals surface area contributed by atoms with E-state index in [1.807, 2.05) is 32.3 Å². The number of aliphatic hydroxyl groups excluding tert-OH is 4. The van der Waals surface area contributed by atoms with Crippen molar-refractivity contribution in [1.29, 1.82) is 0 Å². The van der Waals surface area contributed by atoms with Gasteiger partial charge in [-0.2, -0.15) is 23.1 Å². The van der Waals surface area contributed by atoms with Crippen LogP contribution in [-0.4, -0.2) is 132 Å². The number of nitrogens with one attached hydrogen (secondary N) is 2. The van der Waals surface area contributed by atoms with Gasteiger partial charge < -0.3 is 50.5 Å². The van der Waals surface area contributed by atoms with E-state index in [2.05, 4.69) is 25.4 Å². The summed E-state index contributed by atoms with van der Waals surface area (Å²) in [5.74, 6) is -2.16. The number of halogens is 3. The van der Waals surface area contributed by atoms with Gasteiger partial charge in [0.1, 0.15) is 18.3 Å². The molecule has 0 radical (unpaired) electrons. The van der Waals surface area contributed by atoms with Crippen LogP contribution < -0.4 is 15.5 Å². The van der Waals surface area contributed by atoms with Crippen molar-refractivity contribution in [3.05, 3.63) is 42.2 Å². The summed E-state index contributed by atoms with van der Waals surface area (Å²) in [6, 6.07) is 7.41. The van der Waals surface area contributed by atoms with Gasteiger partial charge >= 0.3 is 12.1 Å². The van der Waals surface area contributed by atoms with Crippen LogP contribution in [0.15, 0.2) is 36.7 Å². The Morgan fingerprint density at radius 2 is 1.79 bits per heavy atom. The molecule has 18 heteroatoms. The fourth-order valence-electron chi connectivity index (χ4n) is 5.75. The summed E-state index contributed by atoms with van der Waals surface area (Å²) in [7, 11) is 4.08. The Hall–Kier alpha value is -4.10. The van der Waals surface area contributed by atoms with Crippen molar-refractivity contribution in [2.24, 2.45) is 0 Å². The zero-order chi connectivity index (χ0) is 35.3. The summed E-state index contributed by atoms with van der Waals surface area (Å²) in [6.07, 6.45) is -5.35. The molecule has 0 spiro atoms. The predicted molar refractivity (Wildman–Crippen MR) is 167 cm³/mol. The summed E-state index contributed by atoms with van der Waals surface area (Å²) >= 11 is 0. The third-order valence-corrected chi connectivity index (χ3v) is 8.55. The Morgan fingerprint density at radius 3 is 2.35 bits per heavy atom. The van der Waals surface area contributed by atoms with E-state index in [1.54, 1.807) is 30.0 Å². The Kier molecular flexibility index (Phi) is 11.8. The van der Waals surface area contributed by atoms with Crippen molar-refractivity contribution in [1.82, 2.24) is 29.7 Å². The molecule has 2 unspecified atom stereocenters. The van der Waals surface area contributed by atoms with E-state index in [0.717, 1.165) is 19.5 Å². The molecule has 1 saturated heterocycles. The highest BCUT2D eigenvalue weighted by atomic mass is 19.4. The van der Waals surface area contributed by atoms with E-state index in [-0.39, 0.29) is 18.9 Å². The highest BCUT2D eigenvalue weighted by Gasteiger charge is 2.44. The van der Waals surface area contributed by atoms with Gasteiger partial charge in [0.15, 0.2) is 17.0 Å². The van der Waals surface area contributed by atoms with Gasteiger partial charge in [-0.05, 0) is 32.5 Å². The van der Waals surface area contributed by atoms with Gasteiger partial charge in [-0.1, -0.05) is 37.3 Å². The van der Waals surface area contributed by atoms with Crippen molar-refractivity contribution >= 4 is 34.8 Å². The zero-order valence-corrected chi connectivity index (χ0v) is 26.6. The van der Waals surface area contributed by atoms with Gasteiger partial charge in [0.2, 0.25) is 11.9 Å². The molecule has 1 aromatic carbocycles. The first-order valence-corrected chi connectivity index (χ1v) is 15.4. The topological polar surface area (TPSA) is 209 Å². The number of carboxylic acid groups (broad SMARTS) is 1. The molecular weight excluding hydrogens is 641 g/mol. The monoisotopic (exact) mass is 682 g/mol. The number of benzene rings is 1. The summed E-state index contributed by atoms with van der Waals surface area (Å²) in [6.45, 7) is 2.83. The van der Waals surface area contributed by atoms with Crippen molar-refractivity contribution in [2.45, 2.75) is 74.8 Å². The predicted octanol–water partition coefficient (Wildman–Crippen LogP) is 0.668. The third kappa shape index (κ3) is 8.30. The first kappa shape index (κ1) is 36.7. The fraction of sp³-hybridized carbons (Fsp3) is 0.567. The number of aliphatic carboxylic acids is 1. The second-order valence-corrected chi connectivity index (χ2v) is 12.0. The number of carboxylic acids is 1. The highest BCUT2D eigenvalue weighted by Crippen LogP contribution is 2.35. The van der Waals surface area contributed by atoms with Crippen LogP contribution in [0.5, 0.6) is 0 Å². The molecule has 0 bridgehead atoms. The molecule has 1 aliphatic heterocycles. The van der Waals surface area contributed by atoms with E-state index >= 15 is 0 Å². The van der Waals surface area contributed by atoms with Crippen molar-refractivity contribution in [3.8, 4) is 0 Å². The second-order valence-electron chi connectivity index (χ2n) is 12.0. The van der Waals surface area contributed by atoms with Gasteiger partial charge in [-0.15, -0.1) is 0 Å². The number of imidazole rings is 1. The summed E-state index contributed by atoms with van der Waals surface area (Å²) < 4.78 is 33.5. The Bertz CT molecular complexity index is 1540. The number of hydrogen-bond acceptors (Lipinski definition) is 12. The third-order valence-electron chi connectivity index (χ3n) is 8.55. The molecule has 48 heavy (non-hydrogen) atoms. The molecule has 5 rings (SSSR count). The van der Waals surface area contributed by atoms with Gasteiger partial charge in [0, 0.05) is 25.6 Å². The molecule has 1 saturated carbocycles. The van der Waals surface area contributed by atoms with Crippen LogP contribution in [0, 0.1) is 0 Å². The van der Waals surface area contributed by atoms with E-state index in [9.17, 15) is 38.4 Å². The average molecular weight is 683 g/mol. The standard InChI is InChI=1S/C28H40N8O5.C2HF3O2/c1-4-21(38)30-18-12-20(25(41)24(18)40)36-15-29-22-26(31-19(14-37)23(39)16-8-6-5-7-9-16)32-28(33-27(22)36)35-11-10-17(13-35)34(2)3;3-2(4,5)1(6)7/h5-9,15,17-20,23-25,37,39-41H,4,10-14H2,1-3H3,(H,30,38)(H,31,32,33);(H,6,7)/t17-,18+,19?,20-,23?,24-,25+;/m1./s1. The number of anilines is 2. The maximum absolute atomic E-state index is 12.0. The van der Waals surface area contributed by atoms with Crippen LogP contribution in [0.4, 0.5) is 24.9 Å². The molecule has 2 aromatic heterocycles. The lowest BCUT2D eigenvalue weighted by atomic mass is 10.0. The molecule has 264 valence electrons. The average Bonchev–Trinajstić information content (AvgIpc) is 3.78. The number of hydrogen-bond donors (Lipinski definition) is 7. The maximum Gasteiger partial charge on any atom is 0.490 e. The largest absolute Gasteiger partial charge is 0.490 e. The number of aromatic nitrogens is 4. The van der Waals surface area contributed by atoms with Gasteiger partial charge in [0.05, 0.1) is 31.1 Å². The highest BCUT2D eigenvalue weighted by molar-refractivity contribution is 5.85. The van der Waals surface area contributed by atoms with E-state index in [1.165, 1.54) is 0 Å². The van der Waals surface area contributed by atoms with Crippen molar-refractivity contribution < 1.29 is 48.3 Å². The lowest BCUT2D eigenvalue weighted by molar-refractivity contribution is -0.192. The van der Waals surface area contributed by atoms with Gasteiger partial charge in [-0.3, -0.25) is 4.79 Å². The van der Waals surface area contributed by atoms with E-state index in [0.29, 0.717) is 41.0 Å². The first-order valence-electron chi connectivity index (χ1n) is 15.4. The number of nitrogens with zero attached hydrogens (tertiary/aromatic N) is 6. The van der Waals surface area contributed by atoms with Gasteiger partial charge in [0.25, 0.3) is 0 Å². The molecule has 3 heterocycles. The number of aliphatic hydroxyl groups is 4. The normalized spacial score (nSPS) is 23.9. The van der Waals surface area contributed by atoms with Crippen LogP contribution in [0.3, 0.4) is 0 Å². The molecule has 1 amide bonds. The molecule has 7 atom stereocenters. The number of rotatable bonds is 10. The first-order chi connectivity index (χ1) is 22.7. The quantitative estimate of drug-likeness (QED) is 0.157. The Balaban J connectivity index is 0.000000671. The van der Waals surface area contributed by atoms with Crippen LogP contribution in [0.2, 0.25) is 0 Å². The summed E-state index contributed by atoms with van der Waals surface area (Å²) in [5.41, 5.74) is 1.49.